The molecule has 26 heavy (non-hydrogen) atoms. The molecule has 1 heterocycles. The van der Waals surface area contributed by atoms with Gasteiger partial charge in [-0.15, -0.1) is 0 Å². The summed E-state index contributed by atoms with van der Waals surface area (Å²) in [4.78, 5) is 0.0442. The highest BCUT2D eigenvalue weighted by Crippen LogP contribution is 2.35. The molecule has 1 aliphatic heterocycles. The SMILES string of the molecule is COc1ccc(Cl)cc1S(=O)(=O)NCC1(c2ccccc2)CCOCC1. The van der Waals surface area contributed by atoms with Crippen molar-refractivity contribution in [3.63, 3.8) is 0 Å². The van der Waals surface area contributed by atoms with E-state index in [1.165, 1.54) is 13.2 Å². The average Bonchev–Trinajstić information content (AvgIpc) is 2.68. The Morgan fingerprint density at radius 2 is 1.85 bits per heavy atom. The summed E-state index contributed by atoms with van der Waals surface area (Å²) in [5.74, 6) is 0.266. The molecule has 0 bridgehead atoms. The molecule has 0 spiro atoms. The third kappa shape index (κ3) is 4.04. The molecule has 0 aliphatic carbocycles. The molecule has 3 rings (SSSR count). The first-order valence-electron chi connectivity index (χ1n) is 8.43. The summed E-state index contributed by atoms with van der Waals surface area (Å²) >= 11 is 5.99. The molecular weight excluding hydrogens is 374 g/mol. The topological polar surface area (TPSA) is 64.6 Å². The van der Waals surface area contributed by atoms with E-state index >= 15 is 0 Å². The molecule has 2 aromatic rings. The summed E-state index contributed by atoms with van der Waals surface area (Å²) in [6.45, 7) is 1.51. The van der Waals surface area contributed by atoms with Crippen LogP contribution in [0.15, 0.2) is 53.4 Å². The molecule has 0 unspecified atom stereocenters. The van der Waals surface area contributed by atoms with Crippen LogP contribution in [0.1, 0.15) is 18.4 Å². The molecule has 0 atom stereocenters. The van der Waals surface area contributed by atoms with E-state index in [1.807, 2.05) is 30.3 Å². The summed E-state index contributed by atoms with van der Waals surface area (Å²) in [7, 11) is -2.33. The lowest BCUT2D eigenvalue weighted by molar-refractivity contribution is 0.0517. The van der Waals surface area contributed by atoms with Crippen LogP contribution in [-0.2, 0) is 20.2 Å². The van der Waals surface area contributed by atoms with Crippen LogP contribution in [0.4, 0.5) is 0 Å². The maximum atomic E-state index is 12.9. The van der Waals surface area contributed by atoms with E-state index in [0.717, 1.165) is 18.4 Å². The zero-order valence-corrected chi connectivity index (χ0v) is 16.1. The molecular formula is C19H22ClNO4S. The van der Waals surface area contributed by atoms with Gasteiger partial charge in [-0.05, 0) is 36.6 Å². The van der Waals surface area contributed by atoms with Crippen LogP contribution in [0, 0.1) is 0 Å². The highest BCUT2D eigenvalue weighted by Gasteiger charge is 2.36. The van der Waals surface area contributed by atoms with Crippen molar-refractivity contribution in [2.75, 3.05) is 26.9 Å². The average molecular weight is 396 g/mol. The second kappa shape index (κ2) is 7.96. The molecule has 140 valence electrons. The molecule has 5 nitrogen and oxygen atoms in total. The predicted octanol–water partition coefficient (Wildman–Crippen LogP) is 3.38. The number of ether oxygens (including phenoxy) is 2. The highest BCUT2D eigenvalue weighted by molar-refractivity contribution is 7.89. The first kappa shape index (κ1) is 19.2. The number of nitrogens with one attached hydrogen (secondary N) is 1. The van der Waals surface area contributed by atoms with Crippen molar-refractivity contribution >= 4 is 21.6 Å². The van der Waals surface area contributed by atoms with Gasteiger partial charge in [0, 0.05) is 30.2 Å². The summed E-state index contributed by atoms with van der Waals surface area (Å²) in [5.41, 5.74) is 0.822. The van der Waals surface area contributed by atoms with Crippen molar-refractivity contribution in [1.29, 1.82) is 0 Å². The summed E-state index contributed by atoms with van der Waals surface area (Å²) in [6, 6.07) is 14.5. The Labute approximate surface area is 159 Å². The van der Waals surface area contributed by atoms with Crippen LogP contribution in [0.3, 0.4) is 0 Å². The van der Waals surface area contributed by atoms with Gasteiger partial charge in [0.05, 0.1) is 7.11 Å². The van der Waals surface area contributed by atoms with Crippen LogP contribution < -0.4 is 9.46 Å². The number of sulfonamides is 1. The van der Waals surface area contributed by atoms with Gasteiger partial charge in [-0.3, -0.25) is 0 Å². The van der Waals surface area contributed by atoms with Crippen molar-refractivity contribution in [3.05, 3.63) is 59.1 Å². The molecule has 2 aromatic carbocycles. The van der Waals surface area contributed by atoms with Crippen LogP contribution in [0.5, 0.6) is 5.75 Å². The third-order valence-corrected chi connectivity index (χ3v) is 6.51. The van der Waals surface area contributed by atoms with E-state index in [-0.39, 0.29) is 16.1 Å². The van der Waals surface area contributed by atoms with E-state index in [9.17, 15) is 8.42 Å². The lowest BCUT2D eigenvalue weighted by Gasteiger charge is -2.38. The summed E-state index contributed by atoms with van der Waals surface area (Å²) in [5, 5.41) is 0.343. The Kier molecular flexibility index (Phi) is 5.87. The van der Waals surface area contributed by atoms with Gasteiger partial charge in [-0.1, -0.05) is 41.9 Å². The van der Waals surface area contributed by atoms with Crippen LogP contribution >= 0.6 is 11.6 Å². The molecule has 0 aromatic heterocycles. The minimum Gasteiger partial charge on any atom is -0.495 e. The first-order valence-corrected chi connectivity index (χ1v) is 10.3. The van der Waals surface area contributed by atoms with Gasteiger partial charge >= 0.3 is 0 Å². The molecule has 1 N–H and O–H groups in total. The van der Waals surface area contributed by atoms with Gasteiger partial charge in [-0.25, -0.2) is 13.1 Å². The van der Waals surface area contributed by atoms with Crippen LogP contribution in [0.25, 0.3) is 0 Å². The minimum atomic E-state index is -3.77. The normalized spacial score (nSPS) is 17.0. The summed E-state index contributed by atoms with van der Waals surface area (Å²) < 4.78 is 39.3. The minimum absolute atomic E-state index is 0.0442. The van der Waals surface area contributed by atoms with Crippen molar-refractivity contribution in [2.24, 2.45) is 0 Å². The Morgan fingerprint density at radius 1 is 1.15 bits per heavy atom. The van der Waals surface area contributed by atoms with Gasteiger partial charge in [0.1, 0.15) is 10.6 Å². The maximum absolute atomic E-state index is 12.9. The lowest BCUT2D eigenvalue weighted by atomic mass is 9.74. The van der Waals surface area contributed by atoms with Crippen molar-refractivity contribution in [1.82, 2.24) is 4.72 Å². The zero-order chi connectivity index (χ0) is 18.6. The smallest absolute Gasteiger partial charge is 0.244 e. The van der Waals surface area contributed by atoms with Crippen molar-refractivity contribution < 1.29 is 17.9 Å². The molecule has 7 heteroatoms. The van der Waals surface area contributed by atoms with E-state index in [2.05, 4.69) is 4.72 Å². The second-order valence-corrected chi connectivity index (χ2v) is 8.55. The molecule has 0 saturated carbocycles. The Hall–Kier alpha value is -1.60. The van der Waals surface area contributed by atoms with E-state index < -0.39 is 10.0 Å². The highest BCUT2D eigenvalue weighted by atomic mass is 35.5. The van der Waals surface area contributed by atoms with E-state index in [0.29, 0.717) is 24.8 Å². The fourth-order valence-corrected chi connectivity index (χ4v) is 4.85. The third-order valence-electron chi connectivity index (χ3n) is 4.85. The molecule has 1 fully saturated rings. The van der Waals surface area contributed by atoms with Gasteiger partial charge in [-0.2, -0.15) is 0 Å². The Bertz CT molecular complexity index is 849. The lowest BCUT2D eigenvalue weighted by Crippen LogP contribution is -2.44. The van der Waals surface area contributed by atoms with E-state index in [4.69, 9.17) is 21.1 Å². The molecule has 1 aliphatic rings. The van der Waals surface area contributed by atoms with Gasteiger partial charge in [0.2, 0.25) is 10.0 Å². The molecule has 0 amide bonds. The Balaban J connectivity index is 1.88. The number of hydrogen-bond acceptors (Lipinski definition) is 4. The number of halogens is 1. The fraction of sp³-hybridized carbons (Fsp3) is 0.368. The maximum Gasteiger partial charge on any atom is 0.244 e. The largest absolute Gasteiger partial charge is 0.495 e. The summed E-state index contributed by atoms with van der Waals surface area (Å²) in [6.07, 6.45) is 1.51. The number of rotatable bonds is 6. The monoisotopic (exact) mass is 395 g/mol. The molecule has 1 saturated heterocycles. The number of methoxy groups -OCH3 is 1. The zero-order valence-electron chi connectivity index (χ0n) is 14.6. The first-order chi connectivity index (χ1) is 12.5. The standard InChI is InChI=1S/C19H22ClNO4S/c1-24-17-8-7-16(20)13-18(17)26(22,23)21-14-19(9-11-25-12-10-19)15-5-3-2-4-6-15/h2-8,13,21H,9-12,14H2,1H3. The fourth-order valence-electron chi connectivity index (χ4n) is 3.29. The predicted molar refractivity (Wildman–Crippen MR) is 101 cm³/mol. The van der Waals surface area contributed by atoms with Crippen molar-refractivity contribution in [3.8, 4) is 5.75 Å². The number of hydrogen-bond donors (Lipinski definition) is 1. The quantitative estimate of drug-likeness (QED) is 0.814. The van der Waals surface area contributed by atoms with Crippen LogP contribution in [0.2, 0.25) is 5.02 Å². The van der Waals surface area contributed by atoms with Gasteiger partial charge in [0.25, 0.3) is 0 Å². The number of benzene rings is 2. The molecule has 0 radical (unpaired) electrons. The van der Waals surface area contributed by atoms with Gasteiger partial charge < -0.3 is 9.47 Å². The van der Waals surface area contributed by atoms with Gasteiger partial charge in [0.15, 0.2) is 0 Å². The second-order valence-electron chi connectivity index (χ2n) is 6.38. The van der Waals surface area contributed by atoms with Crippen molar-refractivity contribution in [2.45, 2.75) is 23.2 Å². The van der Waals surface area contributed by atoms with Crippen LogP contribution in [-0.4, -0.2) is 35.3 Å². The Morgan fingerprint density at radius 3 is 2.50 bits per heavy atom. The van der Waals surface area contributed by atoms with E-state index in [1.54, 1.807) is 12.1 Å².